The molecular weight excluding hydrogens is 84.1 g/mol. The van der Waals surface area contributed by atoms with Gasteiger partial charge in [-0.2, -0.15) is 0 Å². The lowest BCUT2D eigenvalue weighted by molar-refractivity contribution is 0.730. The van der Waals surface area contributed by atoms with Gasteiger partial charge in [0.2, 0.25) is 0 Å². The van der Waals surface area contributed by atoms with Crippen LogP contribution in [0.25, 0.3) is 0 Å². The molecule has 0 spiro atoms. The van der Waals surface area contributed by atoms with Crippen LogP contribution in [0.2, 0.25) is 0 Å². The van der Waals surface area contributed by atoms with Crippen molar-refractivity contribution in [2.45, 2.75) is 12.8 Å². The molecule has 7 heavy (non-hydrogen) atoms. The Bertz CT molecular complexity index is 90.6. The van der Waals surface area contributed by atoms with E-state index in [0.29, 0.717) is 0 Å². The summed E-state index contributed by atoms with van der Waals surface area (Å²) in [6, 6.07) is 0. The average Bonchev–Trinajstić information content (AvgIpc) is 2.22. The fraction of sp³-hybridized carbons (Fsp3) is 0.429. The van der Waals surface area contributed by atoms with Crippen molar-refractivity contribution in [2.75, 3.05) is 0 Å². The number of hydrogen-bond acceptors (Lipinski definition) is 0. The van der Waals surface area contributed by atoms with Crippen LogP contribution in [0.1, 0.15) is 12.8 Å². The van der Waals surface area contributed by atoms with Gasteiger partial charge < -0.3 is 0 Å². The summed E-state index contributed by atoms with van der Waals surface area (Å²) in [7, 11) is 0. The lowest BCUT2D eigenvalue weighted by Crippen LogP contribution is -1.82. The highest BCUT2D eigenvalue weighted by molar-refractivity contribution is 5.32. The molecule has 0 heteroatoms. The molecule has 2 bridgehead atoms. The molecule has 2 aliphatic rings. The third-order valence-electron chi connectivity index (χ3n) is 1.76. The van der Waals surface area contributed by atoms with Gasteiger partial charge in [0, 0.05) is 5.92 Å². The van der Waals surface area contributed by atoms with E-state index in [4.69, 9.17) is 0 Å². The van der Waals surface area contributed by atoms with Crippen molar-refractivity contribution in [3.05, 3.63) is 24.5 Å². The molecule has 1 atom stereocenters. The van der Waals surface area contributed by atoms with Crippen LogP contribution in [-0.2, 0) is 0 Å². The Morgan fingerprint density at radius 2 is 2.57 bits per heavy atom. The molecule has 2 rings (SSSR count). The first-order chi connectivity index (χ1) is 3.45. The van der Waals surface area contributed by atoms with Crippen molar-refractivity contribution in [3.8, 4) is 0 Å². The van der Waals surface area contributed by atoms with E-state index in [1.165, 1.54) is 12.8 Å². The van der Waals surface area contributed by atoms with Gasteiger partial charge in [0.1, 0.15) is 0 Å². The second-order valence-electron chi connectivity index (χ2n) is 2.34. The molecule has 0 aromatic carbocycles. The smallest absolute Gasteiger partial charge is 0.00127 e. The van der Waals surface area contributed by atoms with Crippen molar-refractivity contribution in [3.63, 3.8) is 0 Å². The Balaban J connectivity index is 2.27. The molecule has 2 radical (unpaired) electrons. The third kappa shape index (κ3) is 0.425. The summed E-state index contributed by atoms with van der Waals surface area (Å²) in [6.07, 6.45) is 9.54. The highest BCUT2D eigenvalue weighted by Crippen LogP contribution is 2.39. The molecule has 0 saturated heterocycles. The molecule has 1 fully saturated rings. The van der Waals surface area contributed by atoms with E-state index in [2.05, 4.69) is 18.6 Å². The van der Waals surface area contributed by atoms with E-state index < -0.39 is 0 Å². The summed E-state index contributed by atoms with van der Waals surface area (Å²) in [5.41, 5.74) is 0. The van der Waals surface area contributed by atoms with Gasteiger partial charge >= 0.3 is 0 Å². The summed E-state index contributed by atoms with van der Waals surface area (Å²) in [5.74, 6) is 2.46. The topological polar surface area (TPSA) is 0 Å². The quantitative estimate of drug-likeness (QED) is 0.427. The number of allylic oxidation sites excluding steroid dienone is 2. The minimum atomic E-state index is 0.898. The van der Waals surface area contributed by atoms with E-state index in [-0.39, 0.29) is 0 Å². The van der Waals surface area contributed by atoms with Gasteiger partial charge in [0.05, 0.1) is 0 Å². The largest absolute Gasteiger partial charge is 0.0848 e. The van der Waals surface area contributed by atoms with Gasteiger partial charge in [-0.1, -0.05) is 12.2 Å². The molecule has 0 aliphatic heterocycles. The molecule has 0 aromatic rings. The molecular formula is C7H8. The molecule has 36 valence electrons. The molecule has 0 aromatic heterocycles. The second-order valence-corrected chi connectivity index (χ2v) is 2.34. The van der Waals surface area contributed by atoms with Crippen molar-refractivity contribution in [1.29, 1.82) is 0 Å². The minimum Gasteiger partial charge on any atom is -0.0848 e. The molecule has 0 N–H and O–H groups in total. The van der Waals surface area contributed by atoms with Crippen molar-refractivity contribution >= 4 is 0 Å². The normalized spacial score (nSPS) is 38.0. The Kier molecular flexibility index (Phi) is 0.592. The summed E-state index contributed by atoms with van der Waals surface area (Å²) >= 11 is 0. The SMILES string of the molecule is [CH]1CC2C=C[C]1C2. The van der Waals surface area contributed by atoms with Crippen LogP contribution in [0.4, 0.5) is 0 Å². The van der Waals surface area contributed by atoms with E-state index in [9.17, 15) is 0 Å². The Hall–Kier alpha value is -0.260. The van der Waals surface area contributed by atoms with Crippen molar-refractivity contribution < 1.29 is 0 Å². The molecule has 0 nitrogen and oxygen atoms in total. The van der Waals surface area contributed by atoms with E-state index >= 15 is 0 Å². The summed E-state index contributed by atoms with van der Waals surface area (Å²) in [4.78, 5) is 0. The van der Waals surface area contributed by atoms with E-state index in [0.717, 1.165) is 5.92 Å². The molecule has 0 heterocycles. The first kappa shape index (κ1) is 3.71. The van der Waals surface area contributed by atoms with Crippen LogP contribution >= 0.6 is 0 Å². The van der Waals surface area contributed by atoms with Crippen molar-refractivity contribution in [1.82, 2.24) is 0 Å². The molecule has 0 amide bonds. The Morgan fingerprint density at radius 3 is 2.71 bits per heavy atom. The Labute approximate surface area is 44.2 Å². The number of rotatable bonds is 0. The van der Waals surface area contributed by atoms with Gasteiger partial charge in [-0.25, -0.2) is 0 Å². The zero-order valence-corrected chi connectivity index (χ0v) is 4.22. The van der Waals surface area contributed by atoms with Gasteiger partial charge in [0.15, 0.2) is 0 Å². The van der Waals surface area contributed by atoms with Gasteiger partial charge in [-0.3, -0.25) is 0 Å². The lowest BCUT2D eigenvalue weighted by Gasteiger charge is -1.95. The predicted molar refractivity (Wildman–Crippen MR) is 29.4 cm³/mol. The minimum absolute atomic E-state index is 0.898. The third-order valence-corrected chi connectivity index (χ3v) is 1.76. The van der Waals surface area contributed by atoms with E-state index in [1.54, 1.807) is 5.92 Å². The first-order valence-electron chi connectivity index (χ1n) is 2.82. The fourth-order valence-electron chi connectivity index (χ4n) is 1.31. The maximum atomic E-state index is 2.34. The zero-order chi connectivity index (χ0) is 4.69. The highest BCUT2D eigenvalue weighted by Gasteiger charge is 2.26. The molecule has 1 unspecified atom stereocenters. The fourth-order valence-corrected chi connectivity index (χ4v) is 1.31. The average molecular weight is 92.1 g/mol. The standard InChI is InChI=1S/C7H8/c1-2-7-4-3-6(1)5-7/h1-3,7H,4-5H2. The second kappa shape index (κ2) is 1.12. The van der Waals surface area contributed by atoms with Crippen LogP contribution in [0.5, 0.6) is 0 Å². The van der Waals surface area contributed by atoms with E-state index in [1.807, 2.05) is 0 Å². The number of fused-ring (bicyclic) bond motifs is 2. The van der Waals surface area contributed by atoms with Crippen LogP contribution < -0.4 is 0 Å². The summed E-state index contributed by atoms with van der Waals surface area (Å²) in [5, 5.41) is 0. The van der Waals surface area contributed by atoms with Gasteiger partial charge in [-0.15, -0.1) is 0 Å². The van der Waals surface area contributed by atoms with Gasteiger partial charge in [0.25, 0.3) is 0 Å². The zero-order valence-electron chi connectivity index (χ0n) is 4.22. The molecule has 1 saturated carbocycles. The lowest BCUT2D eigenvalue weighted by atomic mass is 10.1. The maximum absolute atomic E-state index is 2.34. The predicted octanol–water partition coefficient (Wildman–Crippen LogP) is 1.74. The Morgan fingerprint density at radius 1 is 1.57 bits per heavy atom. The summed E-state index contributed by atoms with van der Waals surface area (Å²) < 4.78 is 0. The first-order valence-corrected chi connectivity index (χ1v) is 2.82. The molecule has 2 aliphatic carbocycles. The number of hydrogen-bond donors (Lipinski definition) is 0. The monoisotopic (exact) mass is 92.1 g/mol. The highest BCUT2D eigenvalue weighted by atomic mass is 14.3. The maximum Gasteiger partial charge on any atom is 0.00127 e. The van der Waals surface area contributed by atoms with Crippen LogP contribution in [0, 0.1) is 18.3 Å². The van der Waals surface area contributed by atoms with Crippen LogP contribution in [0.3, 0.4) is 0 Å². The van der Waals surface area contributed by atoms with Gasteiger partial charge in [-0.05, 0) is 25.2 Å². The summed E-state index contributed by atoms with van der Waals surface area (Å²) in [6.45, 7) is 0. The van der Waals surface area contributed by atoms with Crippen LogP contribution in [-0.4, -0.2) is 0 Å². The van der Waals surface area contributed by atoms with Crippen molar-refractivity contribution in [2.24, 2.45) is 5.92 Å². The van der Waals surface area contributed by atoms with Crippen LogP contribution in [0.15, 0.2) is 12.2 Å².